The molecule has 2 aromatic rings. The average Bonchev–Trinajstić information content (AvgIpc) is 2.33. The zero-order valence-electron chi connectivity index (χ0n) is 9.35. The molecule has 0 saturated carbocycles. The molecule has 19 heavy (non-hydrogen) atoms. The number of anilines is 1. The molecule has 2 rings (SSSR count). The Balaban J connectivity index is 2.36. The van der Waals surface area contributed by atoms with Crippen LogP contribution >= 0.6 is 0 Å². The van der Waals surface area contributed by atoms with Gasteiger partial charge in [0.2, 0.25) is 5.56 Å². The van der Waals surface area contributed by atoms with E-state index in [1.165, 1.54) is 0 Å². The summed E-state index contributed by atoms with van der Waals surface area (Å²) in [5, 5.41) is 0. The summed E-state index contributed by atoms with van der Waals surface area (Å²) in [6.45, 7) is 0. The lowest BCUT2D eigenvalue weighted by atomic mass is 10.3. The second-order valence-corrected chi connectivity index (χ2v) is 5.30. The fourth-order valence-electron chi connectivity index (χ4n) is 1.34. The Hall–Kier alpha value is -2.22. The number of H-pyrrole nitrogens is 1. The van der Waals surface area contributed by atoms with Crippen molar-refractivity contribution in [2.45, 2.75) is 4.90 Å². The van der Waals surface area contributed by atoms with Gasteiger partial charge in [0.05, 0.1) is 5.69 Å². The molecule has 0 aliphatic carbocycles. The number of sulfonamides is 1. The lowest BCUT2D eigenvalue weighted by molar-refractivity contribution is 0.582. The minimum Gasteiger partial charge on any atom is -0.328 e. The molecule has 1 aromatic heterocycles. The number of aromatic nitrogens is 1. The Morgan fingerprint density at radius 2 is 1.84 bits per heavy atom. The van der Waals surface area contributed by atoms with Gasteiger partial charge < -0.3 is 4.98 Å². The molecule has 0 saturated heterocycles. The third kappa shape index (κ3) is 2.97. The standard InChI is InChI=1S/C11H8F2N2O3S/c12-7-1-3-10(9(13)5-7)15-19(17,18)8-2-4-11(16)14-6-8/h1-6,15H,(H,14,16). The molecular formula is C11H8F2N2O3S. The molecule has 0 fully saturated rings. The molecule has 1 heterocycles. The first-order valence-electron chi connectivity index (χ1n) is 5.05. The van der Waals surface area contributed by atoms with Crippen molar-refractivity contribution in [1.29, 1.82) is 0 Å². The van der Waals surface area contributed by atoms with Gasteiger partial charge in [0.1, 0.15) is 16.5 Å². The summed E-state index contributed by atoms with van der Waals surface area (Å²) in [6.07, 6.45) is 0.978. The van der Waals surface area contributed by atoms with Gasteiger partial charge in [0, 0.05) is 18.3 Å². The summed E-state index contributed by atoms with van der Waals surface area (Å²) >= 11 is 0. The van der Waals surface area contributed by atoms with Gasteiger partial charge in [-0.05, 0) is 18.2 Å². The highest BCUT2D eigenvalue weighted by Gasteiger charge is 2.16. The lowest BCUT2D eigenvalue weighted by Crippen LogP contribution is -2.16. The van der Waals surface area contributed by atoms with Gasteiger partial charge in [-0.15, -0.1) is 0 Å². The zero-order valence-corrected chi connectivity index (χ0v) is 10.2. The second-order valence-electron chi connectivity index (χ2n) is 3.62. The highest BCUT2D eigenvalue weighted by Crippen LogP contribution is 2.19. The number of halogens is 2. The smallest absolute Gasteiger partial charge is 0.263 e. The highest BCUT2D eigenvalue weighted by atomic mass is 32.2. The summed E-state index contributed by atoms with van der Waals surface area (Å²) in [5.41, 5.74) is -0.848. The van der Waals surface area contributed by atoms with Crippen LogP contribution in [0.4, 0.5) is 14.5 Å². The van der Waals surface area contributed by atoms with Crippen LogP contribution in [0.5, 0.6) is 0 Å². The van der Waals surface area contributed by atoms with E-state index in [9.17, 15) is 22.0 Å². The summed E-state index contributed by atoms with van der Waals surface area (Å²) in [6, 6.07) is 4.55. The minimum absolute atomic E-state index is 0.240. The highest BCUT2D eigenvalue weighted by molar-refractivity contribution is 7.92. The monoisotopic (exact) mass is 286 g/mol. The van der Waals surface area contributed by atoms with Crippen molar-refractivity contribution in [1.82, 2.24) is 4.98 Å². The van der Waals surface area contributed by atoms with Crippen LogP contribution < -0.4 is 10.3 Å². The van der Waals surface area contributed by atoms with E-state index in [0.717, 1.165) is 30.5 Å². The van der Waals surface area contributed by atoms with E-state index < -0.39 is 27.2 Å². The first-order valence-corrected chi connectivity index (χ1v) is 6.53. The number of hydrogen-bond acceptors (Lipinski definition) is 3. The van der Waals surface area contributed by atoms with E-state index >= 15 is 0 Å². The maximum atomic E-state index is 13.3. The maximum Gasteiger partial charge on any atom is 0.263 e. The molecule has 0 unspecified atom stereocenters. The van der Waals surface area contributed by atoms with Crippen molar-refractivity contribution in [3.8, 4) is 0 Å². The Morgan fingerprint density at radius 1 is 1.11 bits per heavy atom. The fourth-order valence-corrected chi connectivity index (χ4v) is 2.37. The first-order chi connectivity index (χ1) is 8.88. The molecule has 0 atom stereocenters. The Morgan fingerprint density at radius 3 is 2.42 bits per heavy atom. The van der Waals surface area contributed by atoms with Gasteiger partial charge in [-0.1, -0.05) is 0 Å². The first kappa shape index (κ1) is 13.2. The van der Waals surface area contributed by atoms with Crippen molar-refractivity contribution in [3.05, 3.63) is 58.5 Å². The lowest BCUT2D eigenvalue weighted by Gasteiger charge is -2.08. The number of pyridine rings is 1. The SMILES string of the molecule is O=c1ccc(S(=O)(=O)Nc2ccc(F)cc2F)c[nH]1. The molecule has 5 nitrogen and oxygen atoms in total. The van der Waals surface area contributed by atoms with E-state index in [1.54, 1.807) is 0 Å². The second kappa shape index (κ2) is 4.81. The van der Waals surface area contributed by atoms with Gasteiger partial charge in [0.25, 0.3) is 10.0 Å². The number of rotatable bonds is 3. The van der Waals surface area contributed by atoms with Crippen molar-refractivity contribution in [3.63, 3.8) is 0 Å². The van der Waals surface area contributed by atoms with Crippen molar-refractivity contribution < 1.29 is 17.2 Å². The van der Waals surface area contributed by atoms with E-state index in [-0.39, 0.29) is 10.6 Å². The molecule has 0 bridgehead atoms. The van der Waals surface area contributed by atoms with Gasteiger partial charge in [-0.3, -0.25) is 9.52 Å². The van der Waals surface area contributed by atoms with Gasteiger partial charge in [-0.2, -0.15) is 0 Å². The average molecular weight is 286 g/mol. The third-order valence-electron chi connectivity index (χ3n) is 2.24. The zero-order chi connectivity index (χ0) is 14.0. The quantitative estimate of drug-likeness (QED) is 0.896. The fraction of sp³-hybridized carbons (Fsp3) is 0. The van der Waals surface area contributed by atoms with Crippen LogP contribution in [0.2, 0.25) is 0 Å². The predicted molar refractivity (Wildman–Crippen MR) is 64.2 cm³/mol. The molecule has 0 radical (unpaired) electrons. The van der Waals surface area contributed by atoms with E-state index in [0.29, 0.717) is 6.07 Å². The minimum atomic E-state index is -4.05. The van der Waals surface area contributed by atoms with Crippen LogP contribution in [0, 0.1) is 11.6 Å². The van der Waals surface area contributed by atoms with Gasteiger partial charge >= 0.3 is 0 Å². The molecule has 0 spiro atoms. The Kier molecular flexibility index (Phi) is 3.34. The molecule has 2 N–H and O–H groups in total. The maximum absolute atomic E-state index is 13.3. The van der Waals surface area contributed by atoms with Crippen LogP contribution in [-0.4, -0.2) is 13.4 Å². The topological polar surface area (TPSA) is 79.0 Å². The summed E-state index contributed by atoms with van der Waals surface area (Å²) in [7, 11) is -4.05. The van der Waals surface area contributed by atoms with Crippen molar-refractivity contribution in [2.24, 2.45) is 0 Å². The van der Waals surface area contributed by atoms with E-state index in [4.69, 9.17) is 0 Å². The van der Waals surface area contributed by atoms with E-state index in [2.05, 4.69) is 4.98 Å². The van der Waals surface area contributed by atoms with Crippen LogP contribution in [-0.2, 0) is 10.0 Å². The number of aromatic amines is 1. The van der Waals surface area contributed by atoms with Crippen LogP contribution in [0.15, 0.2) is 46.2 Å². The molecule has 100 valence electrons. The summed E-state index contributed by atoms with van der Waals surface area (Å²) in [5.74, 6) is -1.85. The van der Waals surface area contributed by atoms with Crippen LogP contribution in [0.1, 0.15) is 0 Å². The Bertz CT molecular complexity index is 751. The number of hydrogen-bond donors (Lipinski definition) is 2. The predicted octanol–water partition coefficient (Wildman–Crippen LogP) is 1.45. The van der Waals surface area contributed by atoms with Crippen LogP contribution in [0.25, 0.3) is 0 Å². The Labute approximate surface area is 107 Å². The van der Waals surface area contributed by atoms with Crippen molar-refractivity contribution in [2.75, 3.05) is 4.72 Å². The normalized spacial score (nSPS) is 11.3. The summed E-state index contributed by atoms with van der Waals surface area (Å²) in [4.78, 5) is 12.8. The molecule has 1 aromatic carbocycles. The molecular weight excluding hydrogens is 278 g/mol. The van der Waals surface area contributed by atoms with Gasteiger partial charge in [0.15, 0.2) is 0 Å². The number of nitrogens with one attached hydrogen (secondary N) is 2. The molecule has 8 heteroatoms. The summed E-state index contributed by atoms with van der Waals surface area (Å²) < 4.78 is 51.7. The van der Waals surface area contributed by atoms with Crippen molar-refractivity contribution >= 4 is 15.7 Å². The van der Waals surface area contributed by atoms with E-state index in [1.807, 2.05) is 4.72 Å². The molecule has 0 amide bonds. The van der Waals surface area contributed by atoms with Gasteiger partial charge in [-0.25, -0.2) is 17.2 Å². The molecule has 0 aliphatic heterocycles. The third-order valence-corrected chi connectivity index (χ3v) is 3.60. The molecule has 0 aliphatic rings. The van der Waals surface area contributed by atoms with Crippen LogP contribution in [0.3, 0.4) is 0 Å². The largest absolute Gasteiger partial charge is 0.328 e. The number of benzene rings is 1.